The number of rotatable bonds is 1. The van der Waals surface area contributed by atoms with E-state index in [1.807, 2.05) is 0 Å². The first-order valence-electron chi connectivity index (χ1n) is 6.33. The highest BCUT2D eigenvalue weighted by Crippen LogP contribution is 3.04. The average Bonchev–Trinajstić information content (AvgIpc) is 2.78. The molecule has 7 fully saturated rings. The Balaban J connectivity index is 1.59. The monoisotopic (exact) mass is 298 g/mol. The van der Waals surface area contributed by atoms with E-state index in [9.17, 15) is 9.90 Å². The minimum absolute atomic E-state index is 0.0433. The molecule has 6 aliphatic carbocycles. The third-order valence-electron chi connectivity index (χ3n) is 7.01. The van der Waals surface area contributed by atoms with Crippen molar-refractivity contribution in [1.29, 1.82) is 0 Å². The summed E-state index contributed by atoms with van der Waals surface area (Å²) in [5, 5.41) is 9.51. The van der Waals surface area contributed by atoms with Crippen LogP contribution in [0.4, 0.5) is 0 Å². The number of hydrogen-bond acceptors (Lipinski definition) is 3. The molecule has 0 aromatic carbocycles. The van der Waals surface area contributed by atoms with Crippen LogP contribution in [0.5, 0.6) is 0 Å². The first-order chi connectivity index (χ1) is 8.13. The molecule has 7 aliphatic rings. The molecule has 1 N–H and O–H groups in total. The third-order valence-corrected chi connectivity index (χ3v) is 8.62. The molecular weight excluding hydrogens is 288 g/mol. The van der Waals surface area contributed by atoms with E-state index in [0.717, 1.165) is 0 Å². The van der Waals surface area contributed by atoms with E-state index in [-0.39, 0.29) is 9.74 Å². The predicted octanol–water partition coefficient (Wildman–Crippen LogP) is 0.699. The van der Waals surface area contributed by atoms with Crippen LogP contribution in [0.2, 0.25) is 0 Å². The molecule has 7 rings (SSSR count). The van der Waals surface area contributed by atoms with Gasteiger partial charge in [0.15, 0.2) is 5.79 Å². The highest BCUT2D eigenvalue weighted by molar-refractivity contribution is 9.10. The van der Waals surface area contributed by atoms with E-state index in [1.54, 1.807) is 0 Å². The molecule has 90 valence electrons. The lowest BCUT2D eigenvalue weighted by atomic mass is 9.13. The zero-order valence-corrected chi connectivity index (χ0v) is 10.5. The molecule has 4 nitrogen and oxygen atoms in total. The highest BCUT2D eigenvalue weighted by atomic mass is 79.9. The van der Waals surface area contributed by atoms with Crippen LogP contribution in [0, 0.1) is 40.9 Å². The van der Waals surface area contributed by atoms with Gasteiger partial charge in [-0.1, -0.05) is 15.9 Å². The van der Waals surface area contributed by atoms with Gasteiger partial charge in [-0.25, -0.2) is 0 Å². The normalized spacial score (nSPS) is 73.5. The largest absolute Gasteiger partial charge is 0.481 e. The van der Waals surface area contributed by atoms with Crippen molar-refractivity contribution in [1.82, 2.24) is 0 Å². The molecule has 1 spiro atoms. The van der Waals surface area contributed by atoms with E-state index >= 15 is 0 Å². The van der Waals surface area contributed by atoms with Crippen LogP contribution in [0.25, 0.3) is 0 Å². The van der Waals surface area contributed by atoms with Crippen molar-refractivity contribution in [2.24, 2.45) is 40.9 Å². The first-order valence-corrected chi connectivity index (χ1v) is 7.13. The quantitative estimate of drug-likeness (QED) is 0.724. The Kier molecular flexibility index (Phi) is 0.998. The second-order valence-electron chi connectivity index (χ2n) is 6.53. The molecule has 0 aromatic heterocycles. The molecule has 4 unspecified atom stereocenters. The van der Waals surface area contributed by atoms with E-state index in [4.69, 9.17) is 9.47 Å². The van der Waals surface area contributed by atoms with Crippen LogP contribution in [0.3, 0.4) is 0 Å². The SMILES string of the molecule is O=C(O)C12C3[C@@H]4[C@H]1C1[C@H]2[C@H]3C4(Br)C12OCCO2. The van der Waals surface area contributed by atoms with Gasteiger partial charge in [-0.2, -0.15) is 0 Å². The van der Waals surface area contributed by atoms with Crippen molar-refractivity contribution in [2.75, 3.05) is 13.2 Å². The Hall–Kier alpha value is -0.130. The number of alkyl halides is 1. The van der Waals surface area contributed by atoms with Crippen LogP contribution in [0.1, 0.15) is 0 Å². The Morgan fingerprint density at radius 3 is 2.12 bits per heavy atom. The summed E-state index contributed by atoms with van der Waals surface area (Å²) < 4.78 is 11.9. The smallest absolute Gasteiger partial charge is 0.310 e. The van der Waals surface area contributed by atoms with Crippen LogP contribution in [-0.4, -0.2) is 34.4 Å². The fourth-order valence-electron chi connectivity index (χ4n) is 7.05. The van der Waals surface area contributed by atoms with Gasteiger partial charge in [0.2, 0.25) is 0 Å². The van der Waals surface area contributed by atoms with Gasteiger partial charge in [0.25, 0.3) is 0 Å². The summed E-state index contributed by atoms with van der Waals surface area (Å²) in [5.41, 5.74) is -0.365. The van der Waals surface area contributed by atoms with Crippen LogP contribution in [0.15, 0.2) is 0 Å². The van der Waals surface area contributed by atoms with Crippen molar-refractivity contribution in [3.05, 3.63) is 0 Å². The fraction of sp³-hybridized carbons (Fsp3) is 0.917. The number of aliphatic carboxylic acids is 1. The molecule has 1 aliphatic heterocycles. The van der Waals surface area contributed by atoms with Gasteiger partial charge in [-0.3, -0.25) is 4.79 Å². The molecule has 6 saturated carbocycles. The van der Waals surface area contributed by atoms with Crippen LogP contribution < -0.4 is 0 Å². The number of hydrogen-bond donors (Lipinski definition) is 1. The summed E-state index contributed by atoms with van der Waals surface area (Å²) in [5.74, 6) is 1.36. The summed E-state index contributed by atoms with van der Waals surface area (Å²) in [6, 6.07) is 0. The number of carboxylic acid groups (broad SMARTS) is 1. The lowest BCUT2D eigenvalue weighted by Gasteiger charge is -2.89. The lowest BCUT2D eigenvalue weighted by molar-refractivity contribution is -0.421. The summed E-state index contributed by atoms with van der Waals surface area (Å²) in [6.07, 6.45) is 0. The second-order valence-corrected chi connectivity index (χ2v) is 7.84. The van der Waals surface area contributed by atoms with E-state index in [0.29, 0.717) is 48.7 Å². The van der Waals surface area contributed by atoms with Crippen molar-refractivity contribution in [3.63, 3.8) is 0 Å². The summed E-state index contributed by atoms with van der Waals surface area (Å²) in [4.78, 5) is 11.5. The molecule has 17 heavy (non-hydrogen) atoms. The average molecular weight is 299 g/mol. The number of halogens is 1. The highest BCUT2D eigenvalue weighted by Gasteiger charge is 3.10. The minimum atomic E-state index is -0.564. The molecular formula is C12H11BrO4. The molecule has 0 amide bonds. The number of carbonyl (C=O) groups is 1. The van der Waals surface area contributed by atoms with Gasteiger partial charge < -0.3 is 14.6 Å². The zero-order chi connectivity index (χ0) is 11.4. The first kappa shape index (κ1) is 8.88. The van der Waals surface area contributed by atoms with E-state index < -0.39 is 11.8 Å². The standard InChI is InChI=1S/C12H11BrO4/c13-11-6-3-7(11)5-8(12(11)16-1-2-17-12)4(6)10(3,5)9(14)15/h3-8H,1-2H2,(H,14,15)/t3?,4-,5+,6+,7-,8?,10?,11?. The fourth-order valence-corrected chi connectivity index (χ4v) is 8.68. The Morgan fingerprint density at radius 1 is 1.06 bits per heavy atom. The maximum Gasteiger partial charge on any atom is 0.310 e. The molecule has 1 heterocycles. The molecule has 8 atom stereocenters. The maximum atomic E-state index is 11.5. The Labute approximate surface area is 106 Å². The van der Waals surface area contributed by atoms with Gasteiger partial charge in [0.1, 0.15) is 0 Å². The lowest BCUT2D eigenvalue weighted by Crippen LogP contribution is -2.94. The van der Waals surface area contributed by atoms with E-state index in [1.165, 1.54) is 0 Å². The van der Waals surface area contributed by atoms with Gasteiger partial charge in [0, 0.05) is 5.92 Å². The van der Waals surface area contributed by atoms with Crippen molar-refractivity contribution >= 4 is 21.9 Å². The topological polar surface area (TPSA) is 55.8 Å². The molecule has 2 bridgehead atoms. The van der Waals surface area contributed by atoms with Crippen LogP contribution in [-0.2, 0) is 14.3 Å². The maximum absolute atomic E-state index is 11.5. The van der Waals surface area contributed by atoms with Gasteiger partial charge in [0.05, 0.1) is 23.0 Å². The summed E-state index contributed by atoms with van der Waals surface area (Å²) in [6.45, 7) is 1.32. The molecule has 1 saturated heterocycles. The molecule has 0 radical (unpaired) electrons. The van der Waals surface area contributed by atoms with Gasteiger partial charge >= 0.3 is 5.97 Å². The Bertz CT molecular complexity index is 491. The van der Waals surface area contributed by atoms with Crippen molar-refractivity contribution < 1.29 is 19.4 Å². The Morgan fingerprint density at radius 2 is 1.59 bits per heavy atom. The third kappa shape index (κ3) is 0.434. The molecule has 5 heteroatoms. The van der Waals surface area contributed by atoms with Crippen LogP contribution >= 0.6 is 15.9 Å². The van der Waals surface area contributed by atoms with E-state index in [2.05, 4.69) is 15.9 Å². The molecule has 0 aromatic rings. The zero-order valence-electron chi connectivity index (χ0n) is 8.93. The predicted molar refractivity (Wildman–Crippen MR) is 57.3 cm³/mol. The van der Waals surface area contributed by atoms with Gasteiger partial charge in [-0.05, 0) is 29.6 Å². The van der Waals surface area contributed by atoms with Crippen molar-refractivity contribution in [3.8, 4) is 0 Å². The number of ether oxygens (including phenoxy) is 2. The number of carboxylic acids is 1. The summed E-state index contributed by atoms with van der Waals surface area (Å²) in [7, 11) is 0. The van der Waals surface area contributed by atoms with Crippen molar-refractivity contribution in [2.45, 2.75) is 10.1 Å². The van der Waals surface area contributed by atoms with Gasteiger partial charge in [-0.15, -0.1) is 0 Å². The summed E-state index contributed by atoms with van der Waals surface area (Å²) >= 11 is 3.90. The second kappa shape index (κ2) is 1.91. The minimum Gasteiger partial charge on any atom is -0.481 e.